The van der Waals surface area contributed by atoms with Crippen LogP contribution in [0.5, 0.6) is 5.75 Å². The van der Waals surface area contributed by atoms with Gasteiger partial charge in [-0.2, -0.15) is 15.4 Å². The molecule has 7 heteroatoms. The predicted molar refractivity (Wildman–Crippen MR) is 107 cm³/mol. The largest absolute Gasteiger partial charge is 0.354 e. The molecular formula is C20H20N4O2S. The van der Waals surface area contributed by atoms with Gasteiger partial charge in [0.2, 0.25) is 0 Å². The van der Waals surface area contributed by atoms with Crippen LogP contribution < -0.4 is 4.89 Å². The number of hydrogen-bond donors (Lipinski definition) is 2. The van der Waals surface area contributed by atoms with Gasteiger partial charge in [-0.25, -0.2) is 0 Å². The molecule has 2 aromatic carbocycles. The zero-order valence-electron chi connectivity index (χ0n) is 15.0. The van der Waals surface area contributed by atoms with Crippen molar-refractivity contribution in [2.75, 3.05) is 0 Å². The lowest BCUT2D eigenvalue weighted by molar-refractivity contribution is -0.0779. The molecule has 6 nitrogen and oxygen atoms in total. The highest BCUT2D eigenvalue weighted by Crippen LogP contribution is 2.31. The van der Waals surface area contributed by atoms with E-state index in [1.807, 2.05) is 86.8 Å². The maximum Gasteiger partial charge on any atom is 0.166 e. The smallest absolute Gasteiger partial charge is 0.166 e. The molecule has 2 heterocycles. The third kappa shape index (κ3) is 4.78. The maximum absolute atomic E-state index is 5.21. The van der Waals surface area contributed by atoms with Crippen LogP contribution in [-0.4, -0.2) is 20.4 Å². The van der Waals surface area contributed by atoms with Gasteiger partial charge in [0.25, 0.3) is 0 Å². The highest BCUT2D eigenvalue weighted by molar-refractivity contribution is 7.94. The molecule has 0 bridgehead atoms. The number of rotatable bonds is 6. The third-order valence-corrected chi connectivity index (χ3v) is 4.07. The van der Waals surface area contributed by atoms with Crippen molar-refractivity contribution < 1.29 is 9.22 Å². The second kappa shape index (κ2) is 9.61. The van der Waals surface area contributed by atoms with Crippen molar-refractivity contribution in [1.29, 1.82) is 0 Å². The van der Waals surface area contributed by atoms with Gasteiger partial charge < -0.3 is 9.87 Å². The molecule has 0 saturated carbocycles. The van der Waals surface area contributed by atoms with Crippen LogP contribution in [-0.2, 0) is 4.33 Å². The molecule has 0 saturated heterocycles. The monoisotopic (exact) mass is 380 g/mol. The van der Waals surface area contributed by atoms with Gasteiger partial charge in [-0.05, 0) is 18.2 Å². The fraction of sp³-hybridized carbons (Fsp3) is 0.100. The van der Waals surface area contributed by atoms with Gasteiger partial charge in [-0.1, -0.05) is 62.4 Å². The number of hydrogen-bond acceptors (Lipinski definition) is 5. The molecule has 0 amide bonds. The summed E-state index contributed by atoms with van der Waals surface area (Å²) in [7, 11) is 0. The van der Waals surface area contributed by atoms with E-state index in [1.165, 1.54) is 0 Å². The van der Waals surface area contributed by atoms with Gasteiger partial charge in [0.1, 0.15) is 16.4 Å². The second-order valence-electron chi connectivity index (χ2n) is 5.19. The molecule has 0 fully saturated rings. The first-order valence-electron chi connectivity index (χ1n) is 8.61. The van der Waals surface area contributed by atoms with E-state index < -0.39 is 0 Å². The Hall–Kier alpha value is -3.03. The number of benzene rings is 2. The van der Waals surface area contributed by atoms with Crippen molar-refractivity contribution in [2.45, 2.75) is 18.9 Å². The molecule has 0 atom stereocenters. The first-order chi connectivity index (χ1) is 13.4. The highest BCUT2D eigenvalue weighted by atomic mass is 32.2. The van der Waals surface area contributed by atoms with Gasteiger partial charge >= 0.3 is 0 Å². The van der Waals surface area contributed by atoms with Crippen LogP contribution in [0.25, 0.3) is 22.5 Å². The standard InChI is InChI=1S/C18H14N4O2S.C2H6/c1-3-7-13(8-4-1)17-18(21-22-20-17)14-11-16(19-12-14)25-24-23-15-9-5-2-6-10-15;1-2/h1-12,19H,(H,20,21,22);1-2H3. The van der Waals surface area contributed by atoms with Crippen molar-refractivity contribution in [3.63, 3.8) is 0 Å². The average molecular weight is 380 g/mol. The topological polar surface area (TPSA) is 75.8 Å². The van der Waals surface area contributed by atoms with Crippen LogP contribution in [0.4, 0.5) is 0 Å². The average Bonchev–Trinajstić information content (AvgIpc) is 3.40. The summed E-state index contributed by atoms with van der Waals surface area (Å²) >= 11 is 1.10. The van der Waals surface area contributed by atoms with Crippen molar-refractivity contribution in [1.82, 2.24) is 20.4 Å². The Balaban J connectivity index is 0.00000102. The summed E-state index contributed by atoms with van der Waals surface area (Å²) in [6.45, 7) is 4.00. The van der Waals surface area contributed by atoms with E-state index in [2.05, 4.69) is 20.4 Å². The van der Waals surface area contributed by atoms with E-state index in [0.717, 1.165) is 39.6 Å². The predicted octanol–water partition coefficient (Wildman–Crippen LogP) is 5.51. The van der Waals surface area contributed by atoms with E-state index in [4.69, 9.17) is 9.22 Å². The van der Waals surface area contributed by atoms with Crippen LogP contribution in [0.2, 0.25) is 0 Å². The van der Waals surface area contributed by atoms with E-state index in [0.29, 0.717) is 5.75 Å². The Labute approximate surface area is 162 Å². The highest BCUT2D eigenvalue weighted by Gasteiger charge is 2.14. The van der Waals surface area contributed by atoms with Crippen LogP contribution in [0, 0.1) is 0 Å². The van der Waals surface area contributed by atoms with Crippen LogP contribution >= 0.6 is 12.0 Å². The Kier molecular flexibility index (Phi) is 6.67. The summed E-state index contributed by atoms with van der Waals surface area (Å²) in [5.41, 5.74) is 3.50. The van der Waals surface area contributed by atoms with Gasteiger partial charge in [-0.15, -0.1) is 4.33 Å². The quantitative estimate of drug-likeness (QED) is 0.262. The maximum atomic E-state index is 5.21. The Bertz CT molecular complexity index is 939. The summed E-state index contributed by atoms with van der Waals surface area (Å²) in [6, 6.07) is 21.2. The van der Waals surface area contributed by atoms with Crippen molar-refractivity contribution >= 4 is 12.0 Å². The number of H-pyrrole nitrogens is 2. The van der Waals surface area contributed by atoms with E-state index in [1.54, 1.807) is 0 Å². The number of nitrogens with one attached hydrogen (secondary N) is 2. The minimum atomic E-state index is 0.643. The number of aromatic nitrogens is 4. The molecule has 0 aliphatic heterocycles. The number of nitrogens with zero attached hydrogens (tertiary/aromatic N) is 2. The van der Waals surface area contributed by atoms with Gasteiger partial charge in [0.05, 0.1) is 12.0 Å². The molecule has 27 heavy (non-hydrogen) atoms. The van der Waals surface area contributed by atoms with Gasteiger partial charge in [-0.3, -0.25) is 0 Å². The Morgan fingerprint density at radius 1 is 0.815 bits per heavy atom. The Morgan fingerprint density at radius 2 is 1.44 bits per heavy atom. The summed E-state index contributed by atoms with van der Waals surface area (Å²) in [4.78, 5) is 8.35. The van der Waals surface area contributed by atoms with Crippen molar-refractivity contribution in [2.24, 2.45) is 0 Å². The molecule has 0 radical (unpaired) electrons. The lowest BCUT2D eigenvalue weighted by Crippen LogP contribution is -1.88. The van der Waals surface area contributed by atoms with E-state index >= 15 is 0 Å². The Morgan fingerprint density at radius 3 is 2.15 bits per heavy atom. The molecule has 138 valence electrons. The molecule has 2 aromatic heterocycles. The minimum Gasteiger partial charge on any atom is -0.354 e. The molecule has 0 aliphatic rings. The van der Waals surface area contributed by atoms with Crippen molar-refractivity contribution in [3.05, 3.63) is 72.9 Å². The summed E-state index contributed by atoms with van der Waals surface area (Å²) < 4.78 is 5.19. The van der Waals surface area contributed by atoms with Gasteiger partial charge in [0, 0.05) is 17.3 Å². The number of para-hydroxylation sites is 1. The van der Waals surface area contributed by atoms with Crippen molar-refractivity contribution in [3.8, 4) is 28.3 Å². The number of aromatic amines is 2. The lowest BCUT2D eigenvalue weighted by Gasteiger charge is -2.01. The van der Waals surface area contributed by atoms with Crippen LogP contribution in [0.15, 0.2) is 78.0 Å². The van der Waals surface area contributed by atoms with Crippen LogP contribution in [0.1, 0.15) is 13.8 Å². The zero-order chi connectivity index (χ0) is 18.9. The van der Waals surface area contributed by atoms with Crippen LogP contribution in [0.3, 0.4) is 0 Å². The molecule has 4 rings (SSSR count). The third-order valence-electron chi connectivity index (χ3n) is 3.52. The second-order valence-corrected chi connectivity index (χ2v) is 5.93. The lowest BCUT2D eigenvalue weighted by atomic mass is 10.1. The SMILES string of the molecule is CC.c1ccc(OOSc2cc(-c3n[nH]nc3-c3ccccc3)c[nH]2)cc1. The molecule has 0 spiro atoms. The minimum absolute atomic E-state index is 0.643. The molecule has 4 aromatic rings. The molecule has 0 aliphatic carbocycles. The molecule has 0 unspecified atom stereocenters. The van der Waals surface area contributed by atoms with E-state index in [-0.39, 0.29) is 0 Å². The first-order valence-corrected chi connectivity index (χ1v) is 9.35. The van der Waals surface area contributed by atoms with Gasteiger partial charge in [0.15, 0.2) is 5.75 Å². The fourth-order valence-electron chi connectivity index (χ4n) is 2.36. The first kappa shape index (κ1) is 18.8. The zero-order valence-corrected chi connectivity index (χ0v) is 15.9. The van der Waals surface area contributed by atoms with E-state index in [9.17, 15) is 0 Å². The molecule has 2 N–H and O–H groups in total. The normalized spacial score (nSPS) is 10.1. The summed E-state index contributed by atoms with van der Waals surface area (Å²) in [5.74, 6) is 0.643. The summed E-state index contributed by atoms with van der Waals surface area (Å²) in [6.07, 6.45) is 1.86. The fourth-order valence-corrected chi connectivity index (χ4v) is 2.82. The molecular weight excluding hydrogens is 360 g/mol. The summed E-state index contributed by atoms with van der Waals surface area (Å²) in [5, 5.41) is 12.0.